The summed E-state index contributed by atoms with van der Waals surface area (Å²) < 4.78 is 19.0. The van der Waals surface area contributed by atoms with Gasteiger partial charge in [0.1, 0.15) is 17.6 Å². The first-order chi connectivity index (χ1) is 18.0. The number of halogens is 1. The Bertz CT molecular complexity index is 1800. The van der Waals surface area contributed by atoms with Crippen molar-refractivity contribution in [3.63, 3.8) is 0 Å². The molecule has 0 bridgehead atoms. The highest BCUT2D eigenvalue weighted by Crippen LogP contribution is 2.32. The van der Waals surface area contributed by atoms with Crippen LogP contribution < -0.4 is 26.0 Å². The predicted molar refractivity (Wildman–Crippen MR) is 137 cm³/mol. The smallest absolute Gasteiger partial charge is 0.332 e. The number of nitrogens with zero attached hydrogens (tertiary/aromatic N) is 2. The van der Waals surface area contributed by atoms with E-state index in [-0.39, 0.29) is 37.5 Å². The molecule has 0 saturated carbocycles. The molecule has 0 saturated heterocycles. The maximum atomic E-state index is 13.7. The van der Waals surface area contributed by atoms with Gasteiger partial charge in [-0.05, 0) is 41.5 Å². The monoisotopic (exact) mass is 517 g/mol. The third-order valence-corrected chi connectivity index (χ3v) is 6.62. The molecule has 9 nitrogen and oxygen atoms in total. The minimum atomic E-state index is -0.630. The molecule has 0 radical (unpaired) electrons. The summed E-state index contributed by atoms with van der Waals surface area (Å²) in [5.41, 5.74) is 0.919. The van der Waals surface area contributed by atoms with Gasteiger partial charge in [-0.1, -0.05) is 48.0 Å². The summed E-state index contributed by atoms with van der Waals surface area (Å²) in [4.78, 5) is 40.1. The minimum absolute atomic E-state index is 0.000414. The third-order valence-electron chi connectivity index (χ3n) is 6.25. The molecule has 6 rings (SSSR count). The average Bonchev–Trinajstić information content (AvgIpc) is 3.53. The van der Waals surface area contributed by atoms with E-state index in [9.17, 15) is 14.4 Å². The van der Waals surface area contributed by atoms with Gasteiger partial charge in [-0.3, -0.25) is 18.7 Å². The molecule has 1 aliphatic heterocycles. The number of amides is 1. The van der Waals surface area contributed by atoms with Crippen molar-refractivity contribution in [1.82, 2.24) is 14.5 Å². The summed E-state index contributed by atoms with van der Waals surface area (Å²) in [5, 5.41) is 3.90. The average molecular weight is 518 g/mol. The van der Waals surface area contributed by atoms with Gasteiger partial charge in [0.25, 0.3) is 5.56 Å². The normalized spacial score (nSPS) is 12.4. The van der Waals surface area contributed by atoms with Gasteiger partial charge in [-0.2, -0.15) is 0 Å². The number of furan rings is 1. The van der Waals surface area contributed by atoms with Crippen molar-refractivity contribution >= 4 is 39.6 Å². The second-order valence-electron chi connectivity index (χ2n) is 8.59. The number of hydrogen-bond acceptors (Lipinski definition) is 6. The largest absolute Gasteiger partial charge is 0.454 e. The summed E-state index contributed by atoms with van der Waals surface area (Å²) in [6, 6.07) is 19.4. The molecule has 0 fully saturated rings. The zero-order valence-corrected chi connectivity index (χ0v) is 20.2. The van der Waals surface area contributed by atoms with E-state index in [1.165, 1.54) is 4.57 Å². The molecule has 3 heterocycles. The first-order valence-corrected chi connectivity index (χ1v) is 11.9. The fourth-order valence-electron chi connectivity index (χ4n) is 4.44. The fraction of sp³-hybridized carbons (Fsp3) is 0.148. The lowest BCUT2D eigenvalue weighted by Crippen LogP contribution is -2.42. The van der Waals surface area contributed by atoms with E-state index < -0.39 is 17.2 Å². The second-order valence-corrected chi connectivity index (χ2v) is 9.00. The number of carbonyl (C=O) groups is 1. The molecule has 37 heavy (non-hydrogen) atoms. The first-order valence-electron chi connectivity index (χ1n) is 11.5. The molecule has 5 aromatic rings. The molecule has 186 valence electrons. The molecule has 1 aliphatic rings. The molecule has 1 amide bonds. The maximum Gasteiger partial charge on any atom is 0.332 e. The highest BCUT2D eigenvalue weighted by Gasteiger charge is 2.22. The molecule has 0 aliphatic carbocycles. The number of rotatable bonds is 6. The van der Waals surface area contributed by atoms with E-state index in [1.54, 1.807) is 54.6 Å². The van der Waals surface area contributed by atoms with Gasteiger partial charge in [0.15, 0.2) is 11.5 Å². The van der Waals surface area contributed by atoms with Crippen LogP contribution in [0.3, 0.4) is 0 Å². The summed E-state index contributed by atoms with van der Waals surface area (Å²) in [7, 11) is 0. The van der Waals surface area contributed by atoms with Gasteiger partial charge in [-0.15, -0.1) is 0 Å². The summed E-state index contributed by atoms with van der Waals surface area (Å²) in [5.74, 6) is 0.716. The standard InChI is InChI=1S/C27H20ClN3O6/c28-19-7-3-1-5-17(19)12-29-23(32)14-30-24-18-6-2-4-8-20(18)37-25(24)26(33)31(27(30)34)13-16-9-10-21-22(11-16)36-15-35-21/h1-11H,12-15H2,(H,29,32). The lowest BCUT2D eigenvalue weighted by Gasteiger charge is -2.13. The number of aromatic nitrogens is 2. The Morgan fingerprint density at radius 2 is 1.73 bits per heavy atom. The molecule has 3 aromatic carbocycles. The van der Waals surface area contributed by atoms with Crippen LogP contribution in [0, 0.1) is 0 Å². The van der Waals surface area contributed by atoms with E-state index >= 15 is 0 Å². The summed E-state index contributed by atoms with van der Waals surface area (Å²) in [6.45, 7) is -0.0492. The van der Waals surface area contributed by atoms with E-state index in [0.717, 1.165) is 10.1 Å². The van der Waals surface area contributed by atoms with Crippen LogP contribution in [0.4, 0.5) is 0 Å². The molecule has 0 spiro atoms. The van der Waals surface area contributed by atoms with Gasteiger partial charge in [0, 0.05) is 17.0 Å². The van der Waals surface area contributed by atoms with E-state index in [1.807, 2.05) is 12.1 Å². The minimum Gasteiger partial charge on any atom is -0.454 e. The number of ether oxygens (including phenoxy) is 2. The van der Waals surface area contributed by atoms with E-state index in [4.69, 9.17) is 25.5 Å². The number of hydrogen-bond donors (Lipinski definition) is 1. The SMILES string of the molecule is O=C(Cn1c(=O)n(Cc2ccc3c(c2)OCO3)c(=O)c2oc3ccccc3c21)NCc1ccccc1Cl. The molecular weight excluding hydrogens is 498 g/mol. The summed E-state index contributed by atoms with van der Waals surface area (Å²) in [6.07, 6.45) is 0. The van der Waals surface area contributed by atoms with Crippen LogP contribution in [0.15, 0.2) is 80.7 Å². The van der Waals surface area contributed by atoms with Crippen molar-refractivity contribution in [3.8, 4) is 11.5 Å². The molecule has 0 atom stereocenters. The summed E-state index contributed by atoms with van der Waals surface area (Å²) >= 11 is 6.20. The topological polar surface area (TPSA) is 105 Å². The van der Waals surface area contributed by atoms with Crippen molar-refractivity contribution in [3.05, 3.63) is 104 Å². The zero-order chi connectivity index (χ0) is 25.5. The van der Waals surface area contributed by atoms with Gasteiger partial charge in [-0.25, -0.2) is 4.79 Å². The Balaban J connectivity index is 1.42. The molecular formula is C27H20ClN3O6. The number of nitrogens with one attached hydrogen (secondary N) is 1. The highest BCUT2D eigenvalue weighted by atomic mass is 35.5. The van der Waals surface area contributed by atoms with Gasteiger partial charge in [0.05, 0.1) is 6.54 Å². The zero-order valence-electron chi connectivity index (χ0n) is 19.4. The Labute approximate surface area is 214 Å². The lowest BCUT2D eigenvalue weighted by molar-refractivity contribution is -0.121. The van der Waals surface area contributed by atoms with Gasteiger partial charge < -0.3 is 19.2 Å². The Hall–Kier alpha value is -4.50. The number of carbonyl (C=O) groups excluding carboxylic acids is 1. The number of para-hydroxylation sites is 1. The number of fused-ring (bicyclic) bond motifs is 4. The Kier molecular flexibility index (Phi) is 5.69. The van der Waals surface area contributed by atoms with Crippen LogP contribution in [-0.2, 0) is 24.4 Å². The predicted octanol–water partition coefficient (Wildman–Crippen LogP) is 3.66. The van der Waals surface area contributed by atoms with Gasteiger partial charge >= 0.3 is 5.69 Å². The van der Waals surface area contributed by atoms with Crippen LogP contribution in [0.5, 0.6) is 11.5 Å². The quantitative estimate of drug-likeness (QED) is 0.368. The lowest BCUT2D eigenvalue weighted by atomic mass is 10.2. The molecule has 10 heteroatoms. The highest BCUT2D eigenvalue weighted by molar-refractivity contribution is 6.31. The van der Waals surface area contributed by atoms with Crippen molar-refractivity contribution in [1.29, 1.82) is 0 Å². The van der Waals surface area contributed by atoms with Crippen molar-refractivity contribution in [2.75, 3.05) is 6.79 Å². The Morgan fingerprint density at radius 1 is 0.946 bits per heavy atom. The van der Waals surface area contributed by atoms with Crippen molar-refractivity contribution in [2.24, 2.45) is 0 Å². The van der Waals surface area contributed by atoms with Gasteiger partial charge in [0.2, 0.25) is 18.3 Å². The Morgan fingerprint density at radius 3 is 2.59 bits per heavy atom. The van der Waals surface area contributed by atoms with Crippen molar-refractivity contribution in [2.45, 2.75) is 19.6 Å². The number of benzene rings is 3. The molecule has 2 aromatic heterocycles. The van der Waals surface area contributed by atoms with Crippen LogP contribution in [0.1, 0.15) is 11.1 Å². The second kappa shape index (κ2) is 9.18. The first kappa shape index (κ1) is 22.9. The fourth-order valence-corrected chi connectivity index (χ4v) is 4.64. The van der Waals surface area contributed by atoms with E-state index in [2.05, 4.69) is 5.32 Å². The molecule has 1 N–H and O–H groups in total. The van der Waals surface area contributed by atoms with Crippen molar-refractivity contribution < 1.29 is 18.7 Å². The van der Waals surface area contributed by atoms with E-state index in [0.29, 0.717) is 33.1 Å². The third kappa shape index (κ3) is 4.13. The van der Waals surface area contributed by atoms with Crippen LogP contribution >= 0.6 is 11.6 Å². The van der Waals surface area contributed by atoms with Crippen LogP contribution in [0.2, 0.25) is 5.02 Å². The van der Waals surface area contributed by atoms with Crippen LogP contribution in [-0.4, -0.2) is 21.8 Å². The van der Waals surface area contributed by atoms with Crippen LogP contribution in [0.25, 0.3) is 22.1 Å². The maximum absolute atomic E-state index is 13.7. The molecule has 0 unspecified atom stereocenters.